The molecule has 13 rings (SSSR count). The van der Waals surface area contributed by atoms with E-state index in [1.54, 1.807) is 0 Å². The van der Waals surface area contributed by atoms with E-state index < -0.39 is 14.1 Å². The minimum atomic E-state index is -2.36. The number of anilines is 9. The summed E-state index contributed by atoms with van der Waals surface area (Å²) in [6.45, 7) is 0. The van der Waals surface area contributed by atoms with Crippen molar-refractivity contribution in [3.05, 3.63) is 206 Å². The van der Waals surface area contributed by atoms with E-state index in [0.29, 0.717) is 0 Å². The van der Waals surface area contributed by atoms with Gasteiger partial charge in [0.05, 0.1) is 15.7 Å². The molecule has 5 nitrogen and oxygen atoms in total. The van der Waals surface area contributed by atoms with E-state index in [2.05, 4.69) is 221 Å². The first-order valence-electron chi connectivity index (χ1n) is 20.5. The van der Waals surface area contributed by atoms with Gasteiger partial charge in [-0.05, 0) is 88.7 Å². The molecule has 0 atom stereocenters. The maximum Gasteiger partial charge on any atom is 0.451 e. The number of fused-ring (bicyclic) bond motifs is 13. The molecule has 280 valence electrons. The molecule has 6 heteroatoms. The van der Waals surface area contributed by atoms with Gasteiger partial charge < -0.3 is 23.5 Å². The molecule has 0 aliphatic carbocycles. The Morgan fingerprint density at radius 1 is 0.400 bits per heavy atom. The van der Waals surface area contributed by atoms with Crippen molar-refractivity contribution in [3.63, 3.8) is 0 Å². The molecule has 0 bridgehead atoms. The number of hydrogen-bond acceptors (Lipinski definition) is 5. The van der Waals surface area contributed by atoms with Crippen LogP contribution in [0.2, 0.25) is 0 Å². The number of nitrogens with zero attached hydrogens (tertiary/aromatic N) is 3. The molecule has 11 aromatic rings. The third-order valence-corrected chi connectivity index (χ3v) is 15.6. The predicted molar refractivity (Wildman–Crippen MR) is 250 cm³/mol. The van der Waals surface area contributed by atoms with Crippen molar-refractivity contribution in [1.29, 1.82) is 0 Å². The Kier molecular flexibility index (Phi) is 7.26. The zero-order chi connectivity index (χ0) is 39.3. The quantitative estimate of drug-likeness (QED) is 0.163. The Morgan fingerprint density at radius 2 is 0.967 bits per heavy atom. The number of para-hydroxylation sites is 5. The molecule has 4 heterocycles. The average Bonchev–Trinajstić information content (AvgIpc) is 3.90. The molecule has 2 aliphatic heterocycles. The van der Waals surface area contributed by atoms with Gasteiger partial charge in [-0.25, -0.2) is 0 Å². The summed E-state index contributed by atoms with van der Waals surface area (Å²) in [6.07, 6.45) is 0. The largest absolute Gasteiger partial charge is 0.476 e. The van der Waals surface area contributed by atoms with Crippen LogP contribution in [0.5, 0.6) is 0 Å². The molecule has 9 aromatic carbocycles. The molecular formula is C54H34AlN3O2. The van der Waals surface area contributed by atoms with Crippen molar-refractivity contribution >= 4 is 122 Å². The molecule has 0 saturated carbocycles. The maximum atomic E-state index is 7.55. The van der Waals surface area contributed by atoms with Gasteiger partial charge in [0.2, 0.25) is 0 Å². The molecule has 2 aromatic heterocycles. The van der Waals surface area contributed by atoms with Crippen LogP contribution in [0.25, 0.3) is 43.7 Å². The summed E-state index contributed by atoms with van der Waals surface area (Å²) >= 11 is -2.36. The SMILES string of the molecule is c1ccc(N(c2ccccc2)c2cc[c]3c(c2)N(c2ccccc2)c2cccc4[c]2[Al]3[c]2oc3c5ccccc5c5c6ccccc6oc5c3c2N4c2ccccc2)cc1. The summed E-state index contributed by atoms with van der Waals surface area (Å²) in [5.41, 5.74) is 12.7. The van der Waals surface area contributed by atoms with Crippen molar-refractivity contribution in [1.82, 2.24) is 0 Å². The maximum absolute atomic E-state index is 7.55. The highest BCUT2D eigenvalue weighted by Crippen LogP contribution is 2.51. The van der Waals surface area contributed by atoms with E-state index >= 15 is 0 Å². The summed E-state index contributed by atoms with van der Waals surface area (Å²) < 4.78 is 18.2. The predicted octanol–water partition coefficient (Wildman–Crippen LogP) is 13.0. The number of furan rings is 2. The summed E-state index contributed by atoms with van der Waals surface area (Å²) in [5, 5.41) is 5.47. The second-order valence-corrected chi connectivity index (χ2v) is 18.2. The van der Waals surface area contributed by atoms with E-state index in [-0.39, 0.29) is 0 Å². The Morgan fingerprint density at radius 3 is 1.65 bits per heavy atom. The van der Waals surface area contributed by atoms with Crippen LogP contribution in [-0.2, 0) is 0 Å². The van der Waals surface area contributed by atoms with Crippen LogP contribution in [0.15, 0.2) is 215 Å². The molecule has 0 radical (unpaired) electrons. The van der Waals surface area contributed by atoms with Crippen LogP contribution in [-0.4, -0.2) is 14.1 Å². The minimum Gasteiger partial charge on any atom is -0.476 e. The summed E-state index contributed by atoms with van der Waals surface area (Å²) in [7, 11) is 0. The van der Waals surface area contributed by atoms with Crippen LogP contribution >= 0.6 is 0 Å². The van der Waals surface area contributed by atoms with Crippen LogP contribution in [0.1, 0.15) is 0 Å². The second kappa shape index (κ2) is 13.0. The molecule has 60 heavy (non-hydrogen) atoms. The number of rotatable bonds is 5. The smallest absolute Gasteiger partial charge is 0.451 e. The molecular weight excluding hydrogens is 750 g/mol. The van der Waals surface area contributed by atoms with Crippen molar-refractivity contribution < 1.29 is 8.83 Å². The van der Waals surface area contributed by atoms with Gasteiger partial charge in [-0.1, -0.05) is 132 Å². The standard InChI is InChI=1S/C54H34N3O2.Al/c1-5-19-38(20-6-1)55(39-21-7-2-8-22-39)42-27-17-28-43(35-42)56(40-23-9-3-10-24-40)44-29-18-30-45(36-44)57(41-25-11-4-12-26-41)49-37-58-53-47-32-14-13-31-46(47)51-48-33-15-16-34-50(48)59-54(51)52(49)53;/h1-27,29-35H;. The van der Waals surface area contributed by atoms with E-state index in [1.165, 1.54) is 20.2 Å². The Labute approximate surface area is 350 Å². The normalized spacial score (nSPS) is 12.9. The highest BCUT2D eigenvalue weighted by Gasteiger charge is 2.49. The van der Waals surface area contributed by atoms with Gasteiger partial charge in [0.1, 0.15) is 16.7 Å². The topological polar surface area (TPSA) is 36.0 Å². The van der Waals surface area contributed by atoms with Crippen LogP contribution in [0, 0.1) is 0 Å². The fourth-order valence-corrected chi connectivity index (χ4v) is 13.4. The Hall–Kier alpha value is -7.49. The third-order valence-electron chi connectivity index (χ3n) is 12.4. The Bertz CT molecular complexity index is 3420. The van der Waals surface area contributed by atoms with Gasteiger partial charge in [-0.2, -0.15) is 0 Å². The zero-order valence-corrected chi connectivity index (χ0v) is 33.5. The van der Waals surface area contributed by atoms with Gasteiger partial charge >= 0.3 is 14.1 Å². The number of hydrogen-bond donors (Lipinski definition) is 0. The molecule has 0 saturated heterocycles. The lowest BCUT2D eigenvalue weighted by molar-refractivity contribution is 0.652. The van der Waals surface area contributed by atoms with Gasteiger partial charge in [0, 0.05) is 61.7 Å². The monoisotopic (exact) mass is 783 g/mol. The summed E-state index contributed by atoms with van der Waals surface area (Å²) in [4.78, 5) is 7.27. The van der Waals surface area contributed by atoms with Gasteiger partial charge in [-0.15, -0.1) is 0 Å². The molecule has 0 N–H and O–H groups in total. The Balaban J connectivity index is 1.16. The zero-order valence-electron chi connectivity index (χ0n) is 32.4. The van der Waals surface area contributed by atoms with E-state index in [1.807, 2.05) is 0 Å². The van der Waals surface area contributed by atoms with Gasteiger partial charge in [-0.3, -0.25) is 0 Å². The van der Waals surface area contributed by atoms with Crippen LogP contribution < -0.4 is 28.2 Å². The molecule has 0 unspecified atom stereocenters. The fourth-order valence-electron chi connectivity index (χ4n) is 9.96. The van der Waals surface area contributed by atoms with E-state index in [0.717, 1.165) is 88.1 Å². The van der Waals surface area contributed by atoms with Crippen molar-refractivity contribution in [2.75, 3.05) is 14.7 Å². The fraction of sp³-hybridized carbons (Fsp3) is 0. The van der Waals surface area contributed by atoms with Crippen molar-refractivity contribution in [2.24, 2.45) is 0 Å². The van der Waals surface area contributed by atoms with Crippen LogP contribution in [0.3, 0.4) is 0 Å². The molecule has 0 amide bonds. The van der Waals surface area contributed by atoms with E-state index in [9.17, 15) is 0 Å². The lowest BCUT2D eigenvalue weighted by Gasteiger charge is -2.42. The number of benzene rings is 9. The average molecular weight is 784 g/mol. The van der Waals surface area contributed by atoms with Crippen LogP contribution in [0.4, 0.5) is 51.2 Å². The van der Waals surface area contributed by atoms with Gasteiger partial charge in [0.15, 0.2) is 0 Å². The summed E-state index contributed by atoms with van der Waals surface area (Å²) in [6, 6.07) is 73.9. The van der Waals surface area contributed by atoms with E-state index in [4.69, 9.17) is 8.83 Å². The summed E-state index contributed by atoms with van der Waals surface area (Å²) in [5.74, 6) is 0. The third kappa shape index (κ3) is 4.75. The highest BCUT2D eigenvalue weighted by molar-refractivity contribution is 7.00. The lowest BCUT2D eigenvalue weighted by atomic mass is 10.00. The second-order valence-electron chi connectivity index (χ2n) is 15.6. The molecule has 0 spiro atoms. The molecule has 0 fully saturated rings. The lowest BCUT2D eigenvalue weighted by Crippen LogP contribution is -2.61. The molecule has 2 aliphatic rings. The van der Waals surface area contributed by atoms with Crippen molar-refractivity contribution in [2.45, 2.75) is 0 Å². The van der Waals surface area contributed by atoms with Gasteiger partial charge in [0.25, 0.3) is 0 Å². The van der Waals surface area contributed by atoms with Crippen molar-refractivity contribution in [3.8, 4) is 0 Å². The first kappa shape index (κ1) is 33.5. The highest BCUT2D eigenvalue weighted by atomic mass is 27.2. The first-order valence-corrected chi connectivity index (χ1v) is 22.2. The minimum absolute atomic E-state index is 0.864. The first-order chi connectivity index (χ1) is 29.8.